The van der Waals surface area contributed by atoms with E-state index in [9.17, 15) is 9.59 Å². The van der Waals surface area contributed by atoms with Crippen molar-refractivity contribution in [2.24, 2.45) is 0 Å². The zero-order valence-electron chi connectivity index (χ0n) is 11.2. The maximum Gasteiger partial charge on any atom is 0.243 e. The van der Waals surface area contributed by atoms with Crippen LogP contribution in [0.4, 0.5) is 0 Å². The molecule has 1 aliphatic heterocycles. The molecule has 0 aliphatic carbocycles. The average molecular weight is 260 g/mol. The SMILES string of the molecule is CC(CCc1ccccc1)NC1CCC(=O)NC1=O. The Kier molecular flexibility index (Phi) is 4.68. The number of aryl methyl sites for hydroxylation is 1. The van der Waals surface area contributed by atoms with Crippen molar-refractivity contribution < 1.29 is 9.59 Å². The van der Waals surface area contributed by atoms with E-state index in [0.29, 0.717) is 12.8 Å². The molecule has 0 aromatic heterocycles. The maximum atomic E-state index is 11.6. The monoisotopic (exact) mass is 260 g/mol. The molecule has 0 spiro atoms. The molecule has 1 heterocycles. The first-order chi connectivity index (χ1) is 9.15. The van der Waals surface area contributed by atoms with Gasteiger partial charge in [-0.1, -0.05) is 30.3 Å². The number of hydrogen-bond donors (Lipinski definition) is 2. The van der Waals surface area contributed by atoms with Crippen molar-refractivity contribution in [3.63, 3.8) is 0 Å². The largest absolute Gasteiger partial charge is 0.303 e. The van der Waals surface area contributed by atoms with Crippen LogP contribution in [-0.4, -0.2) is 23.9 Å². The third-order valence-corrected chi connectivity index (χ3v) is 3.43. The summed E-state index contributed by atoms with van der Waals surface area (Å²) >= 11 is 0. The van der Waals surface area contributed by atoms with Gasteiger partial charge in [0.1, 0.15) is 0 Å². The molecular weight excluding hydrogens is 240 g/mol. The van der Waals surface area contributed by atoms with Crippen molar-refractivity contribution in [1.29, 1.82) is 0 Å². The summed E-state index contributed by atoms with van der Waals surface area (Å²) in [5.74, 6) is -0.359. The number of piperidine rings is 1. The molecule has 1 aliphatic rings. The van der Waals surface area contributed by atoms with Crippen LogP contribution in [0.25, 0.3) is 0 Å². The second-order valence-corrected chi connectivity index (χ2v) is 5.10. The predicted octanol–water partition coefficient (Wildman–Crippen LogP) is 1.40. The third kappa shape index (κ3) is 4.17. The van der Waals surface area contributed by atoms with Crippen molar-refractivity contribution in [1.82, 2.24) is 10.6 Å². The number of amides is 2. The molecule has 0 saturated carbocycles. The standard InChI is InChI=1S/C15H20N2O2/c1-11(7-8-12-5-3-2-4-6-12)16-13-9-10-14(18)17-15(13)19/h2-6,11,13,16H,7-10H2,1H3,(H,17,18,19). The number of nitrogens with one attached hydrogen (secondary N) is 2. The van der Waals surface area contributed by atoms with E-state index in [2.05, 4.69) is 29.7 Å². The van der Waals surface area contributed by atoms with E-state index in [-0.39, 0.29) is 23.9 Å². The van der Waals surface area contributed by atoms with Crippen LogP contribution in [0.15, 0.2) is 30.3 Å². The van der Waals surface area contributed by atoms with Crippen molar-refractivity contribution in [3.05, 3.63) is 35.9 Å². The van der Waals surface area contributed by atoms with Gasteiger partial charge in [-0.15, -0.1) is 0 Å². The van der Waals surface area contributed by atoms with Crippen LogP contribution in [-0.2, 0) is 16.0 Å². The predicted molar refractivity (Wildman–Crippen MR) is 73.5 cm³/mol. The van der Waals surface area contributed by atoms with Crippen LogP contribution >= 0.6 is 0 Å². The van der Waals surface area contributed by atoms with E-state index in [1.807, 2.05) is 18.2 Å². The van der Waals surface area contributed by atoms with E-state index >= 15 is 0 Å². The number of imide groups is 1. The summed E-state index contributed by atoms with van der Waals surface area (Å²) in [5.41, 5.74) is 1.31. The van der Waals surface area contributed by atoms with Gasteiger partial charge in [0.25, 0.3) is 0 Å². The summed E-state index contributed by atoms with van der Waals surface area (Å²) in [4.78, 5) is 22.7. The topological polar surface area (TPSA) is 58.2 Å². The molecule has 2 unspecified atom stereocenters. The molecule has 1 saturated heterocycles. The molecular formula is C15H20N2O2. The highest BCUT2D eigenvalue weighted by Crippen LogP contribution is 2.09. The lowest BCUT2D eigenvalue weighted by atomic mass is 10.0. The number of rotatable bonds is 5. The molecule has 4 nitrogen and oxygen atoms in total. The van der Waals surface area contributed by atoms with E-state index < -0.39 is 0 Å². The highest BCUT2D eigenvalue weighted by Gasteiger charge is 2.27. The first kappa shape index (κ1) is 13.7. The lowest BCUT2D eigenvalue weighted by molar-refractivity contribution is -0.134. The molecule has 102 valence electrons. The Morgan fingerprint density at radius 1 is 1.32 bits per heavy atom. The Labute approximate surface area is 113 Å². The van der Waals surface area contributed by atoms with Gasteiger partial charge in [-0.25, -0.2) is 0 Å². The van der Waals surface area contributed by atoms with Gasteiger partial charge in [-0.3, -0.25) is 14.9 Å². The smallest absolute Gasteiger partial charge is 0.243 e. The normalized spacial score (nSPS) is 21.0. The number of carbonyl (C=O) groups is 2. The number of carbonyl (C=O) groups excluding carboxylic acids is 2. The lowest BCUT2D eigenvalue weighted by Gasteiger charge is -2.25. The lowest BCUT2D eigenvalue weighted by Crippen LogP contribution is -2.52. The second-order valence-electron chi connectivity index (χ2n) is 5.10. The Balaban J connectivity index is 1.76. The molecule has 2 amide bonds. The minimum absolute atomic E-state index is 0.167. The minimum atomic E-state index is -0.233. The van der Waals surface area contributed by atoms with Crippen LogP contribution in [0.3, 0.4) is 0 Å². The zero-order valence-corrected chi connectivity index (χ0v) is 11.2. The summed E-state index contributed by atoms with van der Waals surface area (Å²) in [5, 5.41) is 5.66. The first-order valence-electron chi connectivity index (χ1n) is 6.79. The molecule has 0 bridgehead atoms. The number of hydrogen-bond acceptors (Lipinski definition) is 3. The van der Waals surface area contributed by atoms with Gasteiger partial charge in [0.05, 0.1) is 6.04 Å². The summed E-state index contributed by atoms with van der Waals surface area (Å²) in [6.07, 6.45) is 2.99. The number of benzene rings is 1. The van der Waals surface area contributed by atoms with E-state index in [1.54, 1.807) is 0 Å². The highest BCUT2D eigenvalue weighted by molar-refractivity contribution is 6.00. The van der Waals surface area contributed by atoms with Crippen molar-refractivity contribution in [2.75, 3.05) is 0 Å². The molecule has 19 heavy (non-hydrogen) atoms. The van der Waals surface area contributed by atoms with Crippen LogP contribution in [0.1, 0.15) is 31.7 Å². The molecule has 2 rings (SSSR count). The molecule has 1 fully saturated rings. The Morgan fingerprint density at radius 2 is 2.05 bits per heavy atom. The fraction of sp³-hybridized carbons (Fsp3) is 0.467. The maximum absolute atomic E-state index is 11.6. The van der Waals surface area contributed by atoms with E-state index in [0.717, 1.165) is 12.8 Å². The van der Waals surface area contributed by atoms with Gasteiger partial charge in [0, 0.05) is 12.5 Å². The van der Waals surface area contributed by atoms with E-state index in [1.165, 1.54) is 5.56 Å². The fourth-order valence-corrected chi connectivity index (χ4v) is 2.31. The van der Waals surface area contributed by atoms with Gasteiger partial charge < -0.3 is 5.32 Å². The quantitative estimate of drug-likeness (QED) is 0.787. The van der Waals surface area contributed by atoms with Crippen molar-refractivity contribution >= 4 is 11.8 Å². The van der Waals surface area contributed by atoms with Gasteiger partial charge in [-0.2, -0.15) is 0 Å². The van der Waals surface area contributed by atoms with E-state index in [4.69, 9.17) is 0 Å². The Morgan fingerprint density at radius 3 is 2.74 bits per heavy atom. The molecule has 0 radical (unpaired) electrons. The zero-order chi connectivity index (χ0) is 13.7. The first-order valence-corrected chi connectivity index (χ1v) is 6.79. The van der Waals surface area contributed by atoms with Crippen molar-refractivity contribution in [3.8, 4) is 0 Å². The fourth-order valence-electron chi connectivity index (χ4n) is 2.31. The molecule has 1 aromatic rings. The van der Waals surface area contributed by atoms with Crippen molar-refractivity contribution in [2.45, 2.75) is 44.7 Å². The molecule has 1 aromatic carbocycles. The van der Waals surface area contributed by atoms with Gasteiger partial charge in [0.2, 0.25) is 11.8 Å². The van der Waals surface area contributed by atoms with Gasteiger partial charge in [0.15, 0.2) is 0 Å². The van der Waals surface area contributed by atoms with Gasteiger partial charge in [-0.05, 0) is 31.7 Å². The van der Waals surface area contributed by atoms with Crippen LogP contribution in [0.2, 0.25) is 0 Å². The Hall–Kier alpha value is -1.68. The third-order valence-electron chi connectivity index (χ3n) is 3.43. The minimum Gasteiger partial charge on any atom is -0.303 e. The summed E-state index contributed by atoms with van der Waals surface area (Å²) in [7, 11) is 0. The highest BCUT2D eigenvalue weighted by atomic mass is 16.2. The Bertz CT molecular complexity index is 445. The van der Waals surface area contributed by atoms with Crippen LogP contribution in [0.5, 0.6) is 0 Å². The average Bonchev–Trinajstić information content (AvgIpc) is 2.41. The van der Waals surface area contributed by atoms with Crippen LogP contribution < -0.4 is 10.6 Å². The summed E-state index contributed by atoms with van der Waals surface area (Å²) in [6.45, 7) is 2.08. The molecule has 2 N–H and O–H groups in total. The molecule has 4 heteroatoms. The second kappa shape index (κ2) is 6.48. The summed E-state index contributed by atoms with van der Waals surface area (Å²) < 4.78 is 0. The van der Waals surface area contributed by atoms with Crippen LogP contribution in [0, 0.1) is 0 Å². The molecule has 2 atom stereocenters. The summed E-state index contributed by atoms with van der Waals surface area (Å²) in [6, 6.07) is 10.3. The van der Waals surface area contributed by atoms with Gasteiger partial charge >= 0.3 is 0 Å².